The number of nitrogens with two attached hydrogens (primary N) is 1. The number of ether oxygens (including phenoxy) is 1. The minimum absolute atomic E-state index is 0.0446. The van der Waals surface area contributed by atoms with E-state index in [0.717, 1.165) is 10.2 Å². The average Bonchev–Trinajstić information content (AvgIpc) is 2.69. The number of anilines is 2. The lowest BCUT2D eigenvalue weighted by Crippen LogP contribution is -2.27. The molecular formula is C14H19N3O2S. The SMILES string of the molecule is CCOc1cc(NC(=O)C(C)(C)C)cc2sc(N)nc12. The summed E-state index contributed by atoms with van der Waals surface area (Å²) in [4.78, 5) is 16.3. The van der Waals surface area contributed by atoms with Crippen LogP contribution in [0.1, 0.15) is 27.7 Å². The van der Waals surface area contributed by atoms with E-state index in [1.165, 1.54) is 11.3 Å². The minimum atomic E-state index is -0.451. The molecule has 0 aliphatic heterocycles. The van der Waals surface area contributed by atoms with Crippen LogP contribution >= 0.6 is 11.3 Å². The van der Waals surface area contributed by atoms with Crippen molar-refractivity contribution in [2.45, 2.75) is 27.7 Å². The number of carbonyl (C=O) groups excluding carboxylic acids is 1. The summed E-state index contributed by atoms with van der Waals surface area (Å²) in [5.41, 5.74) is 6.73. The number of amides is 1. The van der Waals surface area contributed by atoms with E-state index < -0.39 is 5.41 Å². The van der Waals surface area contributed by atoms with E-state index in [0.29, 0.717) is 23.2 Å². The lowest BCUT2D eigenvalue weighted by Gasteiger charge is -2.18. The molecule has 0 spiro atoms. The highest BCUT2D eigenvalue weighted by molar-refractivity contribution is 7.22. The Morgan fingerprint density at radius 3 is 2.75 bits per heavy atom. The Bertz CT molecular complexity index is 644. The number of nitrogens with one attached hydrogen (secondary N) is 1. The molecule has 1 aromatic heterocycles. The first-order valence-corrected chi connectivity index (χ1v) is 7.27. The lowest BCUT2D eigenvalue weighted by atomic mass is 9.95. The fraction of sp³-hybridized carbons (Fsp3) is 0.429. The van der Waals surface area contributed by atoms with Crippen LogP contribution < -0.4 is 15.8 Å². The quantitative estimate of drug-likeness (QED) is 0.910. The Labute approximate surface area is 122 Å². The van der Waals surface area contributed by atoms with Crippen LogP contribution in [-0.2, 0) is 4.79 Å². The van der Waals surface area contributed by atoms with E-state index >= 15 is 0 Å². The maximum absolute atomic E-state index is 12.1. The number of fused-ring (bicyclic) bond motifs is 1. The Balaban J connectivity index is 2.42. The highest BCUT2D eigenvalue weighted by Crippen LogP contribution is 2.35. The van der Waals surface area contributed by atoms with Crippen LogP contribution in [0.3, 0.4) is 0 Å². The van der Waals surface area contributed by atoms with E-state index in [1.54, 1.807) is 6.07 Å². The number of benzene rings is 1. The number of nitrogens with zero attached hydrogens (tertiary/aromatic N) is 1. The molecule has 0 aliphatic carbocycles. The molecular weight excluding hydrogens is 274 g/mol. The third-order valence-corrected chi connectivity index (χ3v) is 3.55. The zero-order chi connectivity index (χ0) is 14.9. The number of thiazole rings is 1. The first kappa shape index (κ1) is 14.6. The predicted octanol–water partition coefficient (Wildman–Crippen LogP) is 3.26. The Hall–Kier alpha value is -1.82. The van der Waals surface area contributed by atoms with Gasteiger partial charge in [0.2, 0.25) is 5.91 Å². The van der Waals surface area contributed by atoms with Crippen LogP contribution in [0.4, 0.5) is 10.8 Å². The highest BCUT2D eigenvalue weighted by Gasteiger charge is 2.22. The predicted molar refractivity (Wildman–Crippen MR) is 83.3 cm³/mol. The van der Waals surface area contributed by atoms with Gasteiger partial charge in [-0.1, -0.05) is 32.1 Å². The van der Waals surface area contributed by atoms with Crippen LogP contribution in [0.5, 0.6) is 5.75 Å². The fourth-order valence-corrected chi connectivity index (χ4v) is 2.46. The zero-order valence-electron chi connectivity index (χ0n) is 12.1. The molecule has 0 unspecified atom stereocenters. The second-order valence-electron chi connectivity index (χ2n) is 5.51. The number of carbonyl (C=O) groups is 1. The van der Waals surface area contributed by atoms with Crippen molar-refractivity contribution < 1.29 is 9.53 Å². The van der Waals surface area contributed by atoms with Crippen LogP contribution in [0.15, 0.2) is 12.1 Å². The van der Waals surface area contributed by atoms with E-state index in [9.17, 15) is 4.79 Å². The number of hydrogen-bond donors (Lipinski definition) is 2. The molecule has 0 radical (unpaired) electrons. The molecule has 108 valence electrons. The van der Waals surface area contributed by atoms with E-state index in [4.69, 9.17) is 10.5 Å². The van der Waals surface area contributed by atoms with E-state index in [1.807, 2.05) is 33.8 Å². The Morgan fingerprint density at radius 1 is 1.45 bits per heavy atom. The van der Waals surface area contributed by atoms with Gasteiger partial charge in [-0.25, -0.2) is 4.98 Å². The molecule has 1 aromatic carbocycles. The van der Waals surface area contributed by atoms with Crippen molar-refractivity contribution in [3.05, 3.63) is 12.1 Å². The summed E-state index contributed by atoms with van der Waals surface area (Å²) in [7, 11) is 0. The monoisotopic (exact) mass is 293 g/mol. The van der Waals surface area contributed by atoms with Gasteiger partial charge in [0.25, 0.3) is 0 Å². The first-order chi connectivity index (χ1) is 9.31. The summed E-state index contributed by atoms with van der Waals surface area (Å²) < 4.78 is 6.48. The van der Waals surface area contributed by atoms with E-state index in [-0.39, 0.29) is 5.91 Å². The molecule has 0 fully saturated rings. The van der Waals surface area contributed by atoms with Crippen molar-refractivity contribution in [3.63, 3.8) is 0 Å². The van der Waals surface area contributed by atoms with Gasteiger partial charge in [-0.15, -0.1) is 0 Å². The molecule has 1 heterocycles. The smallest absolute Gasteiger partial charge is 0.229 e. The molecule has 2 aromatic rings. The van der Waals surface area contributed by atoms with Gasteiger partial charge >= 0.3 is 0 Å². The molecule has 0 bridgehead atoms. The van der Waals surface area contributed by atoms with Crippen molar-refractivity contribution >= 4 is 38.3 Å². The van der Waals surface area contributed by atoms with Crippen LogP contribution in [0, 0.1) is 5.41 Å². The second kappa shape index (κ2) is 5.28. The molecule has 0 saturated carbocycles. The summed E-state index contributed by atoms with van der Waals surface area (Å²) in [6, 6.07) is 3.66. The minimum Gasteiger partial charge on any atom is -0.491 e. The fourth-order valence-electron chi connectivity index (χ4n) is 1.67. The molecule has 6 heteroatoms. The third-order valence-electron chi connectivity index (χ3n) is 2.72. The summed E-state index contributed by atoms with van der Waals surface area (Å²) in [5.74, 6) is 0.596. The molecule has 3 N–H and O–H groups in total. The van der Waals surface area contributed by atoms with Gasteiger partial charge in [0.05, 0.1) is 11.3 Å². The van der Waals surface area contributed by atoms with Gasteiger partial charge in [0, 0.05) is 17.2 Å². The highest BCUT2D eigenvalue weighted by atomic mass is 32.1. The largest absolute Gasteiger partial charge is 0.491 e. The van der Waals surface area contributed by atoms with Crippen molar-refractivity contribution in [2.75, 3.05) is 17.7 Å². The molecule has 5 nitrogen and oxygen atoms in total. The van der Waals surface area contributed by atoms with Crippen LogP contribution in [0.25, 0.3) is 10.2 Å². The second-order valence-corrected chi connectivity index (χ2v) is 6.57. The van der Waals surface area contributed by atoms with Crippen molar-refractivity contribution in [2.24, 2.45) is 5.41 Å². The number of nitrogen functional groups attached to an aromatic ring is 1. The molecule has 0 aliphatic rings. The van der Waals surface area contributed by atoms with Crippen molar-refractivity contribution in [3.8, 4) is 5.75 Å². The van der Waals surface area contributed by atoms with Crippen LogP contribution in [0.2, 0.25) is 0 Å². The van der Waals surface area contributed by atoms with E-state index in [2.05, 4.69) is 10.3 Å². The summed E-state index contributed by atoms with van der Waals surface area (Å²) in [6.07, 6.45) is 0. The Kier molecular flexibility index (Phi) is 3.85. The van der Waals surface area contributed by atoms with Gasteiger partial charge in [0.15, 0.2) is 5.13 Å². The maximum atomic E-state index is 12.1. The third kappa shape index (κ3) is 3.01. The van der Waals surface area contributed by atoms with Crippen LogP contribution in [-0.4, -0.2) is 17.5 Å². The number of rotatable bonds is 3. The van der Waals surface area contributed by atoms with Gasteiger partial charge in [-0.2, -0.15) is 0 Å². The zero-order valence-corrected chi connectivity index (χ0v) is 12.9. The molecule has 1 amide bonds. The average molecular weight is 293 g/mol. The standard InChI is InChI=1S/C14H19N3O2S/c1-5-19-9-6-8(16-12(18)14(2,3)4)7-10-11(9)17-13(15)20-10/h6-7H,5H2,1-4H3,(H2,15,17)(H,16,18). The number of aromatic nitrogens is 1. The first-order valence-electron chi connectivity index (χ1n) is 6.45. The summed E-state index contributed by atoms with van der Waals surface area (Å²) in [6.45, 7) is 8.05. The van der Waals surface area contributed by atoms with Gasteiger partial charge in [0.1, 0.15) is 11.3 Å². The maximum Gasteiger partial charge on any atom is 0.229 e. The molecule has 0 saturated heterocycles. The summed E-state index contributed by atoms with van der Waals surface area (Å²) >= 11 is 1.38. The Morgan fingerprint density at radius 2 is 2.15 bits per heavy atom. The summed E-state index contributed by atoms with van der Waals surface area (Å²) in [5, 5.41) is 3.39. The van der Waals surface area contributed by atoms with Gasteiger partial charge in [-0.05, 0) is 13.0 Å². The van der Waals surface area contributed by atoms with Gasteiger partial charge in [-0.3, -0.25) is 4.79 Å². The normalized spacial score (nSPS) is 11.6. The van der Waals surface area contributed by atoms with Crippen molar-refractivity contribution in [1.29, 1.82) is 0 Å². The van der Waals surface area contributed by atoms with Gasteiger partial charge < -0.3 is 15.8 Å². The number of hydrogen-bond acceptors (Lipinski definition) is 5. The molecule has 2 rings (SSSR count). The lowest BCUT2D eigenvalue weighted by molar-refractivity contribution is -0.123. The van der Waals surface area contributed by atoms with Crippen molar-refractivity contribution in [1.82, 2.24) is 4.98 Å². The molecule has 20 heavy (non-hydrogen) atoms. The molecule has 0 atom stereocenters. The topological polar surface area (TPSA) is 77.2 Å².